The molecule has 0 unspecified atom stereocenters. The number of piperidine rings is 1. The van der Waals surface area contributed by atoms with Crippen LogP contribution in [-0.4, -0.2) is 48.9 Å². The van der Waals surface area contributed by atoms with E-state index in [1.54, 1.807) is 4.90 Å². The van der Waals surface area contributed by atoms with Crippen molar-refractivity contribution >= 4 is 11.8 Å². The fourth-order valence-corrected chi connectivity index (χ4v) is 3.47. The minimum atomic E-state index is -0.341. The Hall–Kier alpha value is -1.95. The third-order valence-corrected chi connectivity index (χ3v) is 4.84. The van der Waals surface area contributed by atoms with Gasteiger partial charge in [-0.15, -0.1) is 0 Å². The van der Waals surface area contributed by atoms with Crippen LogP contribution >= 0.6 is 0 Å². The van der Waals surface area contributed by atoms with Crippen LogP contribution in [0.5, 0.6) is 0 Å². The first kappa shape index (κ1) is 16.9. The Balaban J connectivity index is 1.51. The van der Waals surface area contributed by atoms with Crippen LogP contribution in [0.2, 0.25) is 0 Å². The Labute approximate surface area is 141 Å². The molecule has 24 heavy (non-hydrogen) atoms. The summed E-state index contributed by atoms with van der Waals surface area (Å²) < 4.78 is 13.0. The van der Waals surface area contributed by atoms with Gasteiger partial charge in [0.2, 0.25) is 5.91 Å². The minimum Gasteiger partial charge on any atom is -0.354 e. The lowest BCUT2D eigenvalue weighted by Gasteiger charge is -2.33. The number of nitrogens with one attached hydrogen (secondary N) is 2. The van der Waals surface area contributed by atoms with Gasteiger partial charge in [0.05, 0.1) is 6.04 Å². The molecule has 2 N–H and O–H groups in total. The van der Waals surface area contributed by atoms with Crippen LogP contribution in [0.15, 0.2) is 24.3 Å². The molecule has 5 nitrogen and oxygen atoms in total. The van der Waals surface area contributed by atoms with Crippen molar-refractivity contribution in [2.24, 2.45) is 5.92 Å². The van der Waals surface area contributed by atoms with Crippen molar-refractivity contribution in [1.29, 1.82) is 0 Å². The first-order valence-electron chi connectivity index (χ1n) is 8.69. The number of nitrogens with zero attached hydrogens (tertiary/aromatic N) is 1. The van der Waals surface area contributed by atoms with Crippen molar-refractivity contribution in [3.05, 3.63) is 35.6 Å². The highest BCUT2D eigenvalue weighted by Crippen LogP contribution is 2.18. The van der Waals surface area contributed by atoms with Crippen LogP contribution < -0.4 is 10.6 Å². The van der Waals surface area contributed by atoms with Crippen molar-refractivity contribution in [1.82, 2.24) is 15.5 Å². The predicted octanol–water partition coefficient (Wildman–Crippen LogP) is 1.55. The van der Waals surface area contributed by atoms with Crippen molar-refractivity contribution in [2.75, 3.05) is 26.2 Å². The molecule has 2 fully saturated rings. The maximum Gasteiger partial charge on any atom is 0.253 e. The third-order valence-electron chi connectivity index (χ3n) is 4.84. The Morgan fingerprint density at radius 3 is 2.71 bits per heavy atom. The zero-order valence-electron chi connectivity index (χ0n) is 13.8. The zero-order valence-corrected chi connectivity index (χ0v) is 13.8. The lowest BCUT2D eigenvalue weighted by molar-refractivity contribution is -0.123. The average Bonchev–Trinajstić information content (AvgIpc) is 3.15. The van der Waals surface area contributed by atoms with E-state index in [4.69, 9.17) is 0 Å². The second-order valence-electron chi connectivity index (χ2n) is 6.66. The van der Waals surface area contributed by atoms with Gasteiger partial charge in [0, 0.05) is 25.2 Å². The van der Waals surface area contributed by atoms with Crippen molar-refractivity contribution < 1.29 is 14.0 Å². The van der Waals surface area contributed by atoms with E-state index >= 15 is 0 Å². The largest absolute Gasteiger partial charge is 0.354 e. The summed E-state index contributed by atoms with van der Waals surface area (Å²) >= 11 is 0. The Bertz CT molecular complexity index is 584. The predicted molar refractivity (Wildman–Crippen MR) is 89.1 cm³/mol. The summed E-state index contributed by atoms with van der Waals surface area (Å²) in [4.78, 5) is 26.4. The fourth-order valence-electron chi connectivity index (χ4n) is 3.47. The molecule has 2 saturated heterocycles. The molecule has 3 rings (SSSR count). The molecule has 1 aromatic carbocycles. The minimum absolute atomic E-state index is 0.0643. The highest BCUT2D eigenvalue weighted by molar-refractivity contribution is 5.94. The monoisotopic (exact) mass is 333 g/mol. The Morgan fingerprint density at radius 1 is 1.21 bits per heavy atom. The van der Waals surface area contributed by atoms with E-state index in [0.29, 0.717) is 25.2 Å². The SMILES string of the molecule is O=C(NC[C@@H]1CCCN(C(=O)c2ccc(F)cc2)C1)[C@H]1CCCN1. The maximum absolute atomic E-state index is 13.0. The standard InChI is InChI=1S/C18H24FN3O2/c19-15-7-5-14(6-8-15)18(24)22-10-2-3-13(12-22)11-21-17(23)16-4-1-9-20-16/h5-8,13,16,20H,1-4,9-12H2,(H,21,23)/t13-,16+/m0/s1. The van der Waals surface area contributed by atoms with E-state index in [0.717, 1.165) is 32.2 Å². The van der Waals surface area contributed by atoms with Gasteiger partial charge >= 0.3 is 0 Å². The van der Waals surface area contributed by atoms with Gasteiger partial charge in [-0.1, -0.05) is 0 Å². The quantitative estimate of drug-likeness (QED) is 0.879. The highest BCUT2D eigenvalue weighted by atomic mass is 19.1. The topological polar surface area (TPSA) is 61.4 Å². The number of rotatable bonds is 4. The molecule has 0 aromatic heterocycles. The molecule has 6 heteroatoms. The maximum atomic E-state index is 13.0. The fraction of sp³-hybridized carbons (Fsp3) is 0.556. The van der Waals surface area contributed by atoms with Crippen LogP contribution in [0.25, 0.3) is 0 Å². The molecule has 0 radical (unpaired) electrons. The van der Waals surface area contributed by atoms with Gasteiger partial charge in [-0.2, -0.15) is 0 Å². The zero-order chi connectivity index (χ0) is 16.9. The third kappa shape index (κ3) is 4.12. The number of carbonyl (C=O) groups excluding carboxylic acids is 2. The summed E-state index contributed by atoms with van der Waals surface area (Å²) in [5.74, 6) is -0.0715. The van der Waals surface area contributed by atoms with Crippen LogP contribution in [0.1, 0.15) is 36.0 Å². The Morgan fingerprint density at radius 2 is 2.00 bits per heavy atom. The van der Waals surface area contributed by atoms with E-state index in [1.807, 2.05) is 0 Å². The molecule has 0 aliphatic carbocycles. The molecule has 1 aromatic rings. The van der Waals surface area contributed by atoms with Gasteiger partial charge in [-0.05, 0) is 62.4 Å². The summed E-state index contributed by atoms with van der Waals surface area (Å²) in [6, 6.07) is 5.60. The van der Waals surface area contributed by atoms with E-state index in [9.17, 15) is 14.0 Å². The normalized spacial score (nSPS) is 24.0. The van der Waals surface area contributed by atoms with E-state index in [2.05, 4.69) is 10.6 Å². The summed E-state index contributed by atoms with van der Waals surface area (Å²) in [7, 11) is 0. The Kier molecular flexibility index (Phi) is 5.45. The van der Waals surface area contributed by atoms with Crippen molar-refractivity contribution in [2.45, 2.75) is 31.7 Å². The van der Waals surface area contributed by atoms with Crippen LogP contribution in [-0.2, 0) is 4.79 Å². The molecule has 0 spiro atoms. The molecule has 130 valence electrons. The van der Waals surface area contributed by atoms with Gasteiger partial charge < -0.3 is 15.5 Å². The number of hydrogen-bond donors (Lipinski definition) is 2. The van der Waals surface area contributed by atoms with Crippen LogP contribution in [0.4, 0.5) is 4.39 Å². The highest BCUT2D eigenvalue weighted by Gasteiger charge is 2.26. The van der Waals surface area contributed by atoms with E-state index in [1.165, 1.54) is 24.3 Å². The second kappa shape index (κ2) is 7.75. The van der Waals surface area contributed by atoms with Crippen molar-refractivity contribution in [3.63, 3.8) is 0 Å². The number of benzene rings is 1. The molecule has 2 aliphatic heterocycles. The second-order valence-corrected chi connectivity index (χ2v) is 6.66. The first-order valence-corrected chi connectivity index (χ1v) is 8.69. The van der Waals surface area contributed by atoms with Gasteiger partial charge in [-0.25, -0.2) is 4.39 Å². The van der Waals surface area contributed by atoms with Gasteiger partial charge in [0.15, 0.2) is 0 Å². The average molecular weight is 333 g/mol. The van der Waals surface area contributed by atoms with Gasteiger partial charge in [0.25, 0.3) is 5.91 Å². The number of carbonyl (C=O) groups is 2. The summed E-state index contributed by atoms with van der Waals surface area (Å²) in [5, 5.41) is 6.20. The summed E-state index contributed by atoms with van der Waals surface area (Å²) in [6.07, 6.45) is 3.87. The molecule has 2 heterocycles. The van der Waals surface area contributed by atoms with E-state index in [-0.39, 0.29) is 29.6 Å². The van der Waals surface area contributed by atoms with Gasteiger partial charge in [-0.3, -0.25) is 9.59 Å². The molecule has 0 bridgehead atoms. The number of hydrogen-bond acceptors (Lipinski definition) is 3. The first-order chi connectivity index (χ1) is 11.6. The lowest BCUT2D eigenvalue weighted by Crippen LogP contribution is -2.46. The molecule has 2 aliphatic rings. The molecular weight excluding hydrogens is 309 g/mol. The number of halogens is 1. The number of amides is 2. The van der Waals surface area contributed by atoms with Crippen LogP contribution in [0, 0.1) is 11.7 Å². The van der Waals surface area contributed by atoms with E-state index < -0.39 is 0 Å². The number of likely N-dealkylation sites (tertiary alicyclic amines) is 1. The molecule has 0 saturated carbocycles. The van der Waals surface area contributed by atoms with Crippen molar-refractivity contribution in [3.8, 4) is 0 Å². The summed E-state index contributed by atoms with van der Waals surface area (Å²) in [5.41, 5.74) is 0.510. The molecule has 2 atom stereocenters. The summed E-state index contributed by atoms with van der Waals surface area (Å²) in [6.45, 7) is 2.85. The molecular formula is C18H24FN3O2. The van der Waals surface area contributed by atoms with Crippen LogP contribution in [0.3, 0.4) is 0 Å². The smallest absolute Gasteiger partial charge is 0.253 e. The van der Waals surface area contributed by atoms with Gasteiger partial charge in [0.1, 0.15) is 5.82 Å². The lowest BCUT2D eigenvalue weighted by atomic mass is 9.97. The molecule has 2 amide bonds.